The summed E-state index contributed by atoms with van der Waals surface area (Å²) in [7, 11) is 3.05. The van der Waals surface area contributed by atoms with Crippen LogP contribution in [0.2, 0.25) is 10.0 Å². The Bertz CT molecular complexity index is 916. The molecule has 0 saturated heterocycles. The molecule has 2 rings (SSSR count). The molecule has 0 unspecified atom stereocenters. The Labute approximate surface area is 198 Å². The number of carbonyl (C=O) groups is 2. The molecule has 32 heavy (non-hydrogen) atoms. The SMILES string of the molecule is CCCNC(=O)[C@@H](C)N(Cc1ccc(Cl)cc1Cl)C(=O)COc1cc(OC)cc(OC)c1. The highest BCUT2D eigenvalue weighted by atomic mass is 35.5. The van der Waals surface area contributed by atoms with Crippen molar-refractivity contribution in [3.63, 3.8) is 0 Å². The van der Waals surface area contributed by atoms with Gasteiger partial charge in [0.25, 0.3) is 5.91 Å². The van der Waals surface area contributed by atoms with Gasteiger partial charge in [0.1, 0.15) is 23.3 Å². The number of rotatable bonds is 11. The number of amides is 2. The van der Waals surface area contributed by atoms with Crippen molar-refractivity contribution in [2.24, 2.45) is 0 Å². The minimum absolute atomic E-state index is 0.125. The van der Waals surface area contributed by atoms with Crippen molar-refractivity contribution in [2.45, 2.75) is 32.9 Å². The van der Waals surface area contributed by atoms with E-state index in [0.29, 0.717) is 39.4 Å². The van der Waals surface area contributed by atoms with Crippen LogP contribution in [-0.2, 0) is 16.1 Å². The van der Waals surface area contributed by atoms with Crippen molar-refractivity contribution < 1.29 is 23.8 Å². The summed E-state index contributed by atoms with van der Waals surface area (Å²) >= 11 is 12.3. The van der Waals surface area contributed by atoms with Crippen molar-refractivity contribution in [1.29, 1.82) is 0 Å². The summed E-state index contributed by atoms with van der Waals surface area (Å²) in [6.45, 7) is 3.99. The standard InChI is InChI=1S/C23H28Cl2N2O5/c1-5-8-26-23(29)15(2)27(13-16-6-7-17(24)9-21(16)25)22(28)14-32-20-11-18(30-3)10-19(12-20)31-4/h6-7,9-12,15H,5,8,13-14H2,1-4H3,(H,26,29)/t15-/m1/s1. The van der Waals surface area contributed by atoms with Crippen LogP contribution < -0.4 is 19.5 Å². The van der Waals surface area contributed by atoms with Gasteiger partial charge in [-0.1, -0.05) is 36.2 Å². The molecule has 0 heterocycles. The molecular formula is C23H28Cl2N2O5. The van der Waals surface area contributed by atoms with Gasteiger partial charge < -0.3 is 24.4 Å². The second-order valence-electron chi connectivity index (χ2n) is 7.06. The van der Waals surface area contributed by atoms with Crippen LogP contribution in [0.5, 0.6) is 17.2 Å². The van der Waals surface area contributed by atoms with Gasteiger partial charge >= 0.3 is 0 Å². The molecule has 0 aliphatic rings. The van der Waals surface area contributed by atoms with Crippen LogP contribution in [0, 0.1) is 0 Å². The number of nitrogens with one attached hydrogen (secondary N) is 1. The van der Waals surface area contributed by atoms with E-state index < -0.39 is 6.04 Å². The molecule has 2 amide bonds. The first kappa shape index (κ1) is 25.6. The molecule has 0 aliphatic carbocycles. The predicted molar refractivity (Wildman–Crippen MR) is 125 cm³/mol. The molecule has 174 valence electrons. The van der Waals surface area contributed by atoms with E-state index in [1.54, 1.807) is 43.3 Å². The average Bonchev–Trinajstić information content (AvgIpc) is 2.79. The molecule has 1 atom stereocenters. The lowest BCUT2D eigenvalue weighted by molar-refractivity contribution is -0.142. The largest absolute Gasteiger partial charge is 0.496 e. The van der Waals surface area contributed by atoms with E-state index in [1.165, 1.54) is 19.1 Å². The molecule has 2 aromatic rings. The third-order valence-corrected chi connectivity index (χ3v) is 5.35. The van der Waals surface area contributed by atoms with Crippen molar-refractivity contribution in [2.75, 3.05) is 27.4 Å². The highest BCUT2D eigenvalue weighted by Crippen LogP contribution is 2.28. The van der Waals surface area contributed by atoms with E-state index in [0.717, 1.165) is 6.42 Å². The van der Waals surface area contributed by atoms with Crippen LogP contribution in [0.4, 0.5) is 0 Å². The highest BCUT2D eigenvalue weighted by Gasteiger charge is 2.27. The van der Waals surface area contributed by atoms with Crippen LogP contribution in [0.15, 0.2) is 36.4 Å². The van der Waals surface area contributed by atoms with Gasteiger partial charge in [-0.15, -0.1) is 0 Å². The Morgan fingerprint density at radius 3 is 2.22 bits per heavy atom. The number of halogens is 2. The van der Waals surface area contributed by atoms with Crippen molar-refractivity contribution in [3.05, 3.63) is 52.0 Å². The number of hydrogen-bond donors (Lipinski definition) is 1. The second-order valence-corrected chi connectivity index (χ2v) is 7.91. The lowest BCUT2D eigenvalue weighted by atomic mass is 10.1. The van der Waals surface area contributed by atoms with Crippen LogP contribution >= 0.6 is 23.2 Å². The molecule has 0 fully saturated rings. The third-order valence-electron chi connectivity index (χ3n) is 4.76. The molecule has 2 aromatic carbocycles. The normalized spacial score (nSPS) is 11.4. The Hall–Kier alpha value is -2.64. The first-order valence-electron chi connectivity index (χ1n) is 10.2. The Kier molecular flexibility index (Phi) is 9.94. The minimum atomic E-state index is -0.732. The Morgan fingerprint density at radius 2 is 1.66 bits per heavy atom. The lowest BCUT2D eigenvalue weighted by Gasteiger charge is -2.29. The smallest absolute Gasteiger partial charge is 0.261 e. The van der Waals surface area contributed by atoms with E-state index in [9.17, 15) is 9.59 Å². The van der Waals surface area contributed by atoms with Gasteiger partial charge in [0.05, 0.1) is 14.2 Å². The maximum atomic E-state index is 13.1. The number of carbonyl (C=O) groups excluding carboxylic acids is 2. The molecular weight excluding hydrogens is 455 g/mol. The molecule has 0 aliphatic heterocycles. The summed E-state index contributed by atoms with van der Waals surface area (Å²) in [5.74, 6) is 0.834. The fraction of sp³-hybridized carbons (Fsp3) is 0.391. The molecule has 0 radical (unpaired) electrons. The number of ether oxygens (including phenoxy) is 3. The molecule has 0 spiro atoms. The van der Waals surface area contributed by atoms with Crippen LogP contribution in [0.25, 0.3) is 0 Å². The van der Waals surface area contributed by atoms with Gasteiger partial charge in [0.15, 0.2) is 6.61 Å². The molecule has 0 aromatic heterocycles. The summed E-state index contributed by atoms with van der Waals surface area (Å²) in [6.07, 6.45) is 0.788. The molecule has 7 nitrogen and oxygen atoms in total. The Morgan fingerprint density at radius 1 is 1.03 bits per heavy atom. The van der Waals surface area contributed by atoms with E-state index in [-0.39, 0.29) is 25.0 Å². The van der Waals surface area contributed by atoms with Gasteiger partial charge in [-0.2, -0.15) is 0 Å². The summed E-state index contributed by atoms with van der Waals surface area (Å²) < 4.78 is 16.1. The average molecular weight is 483 g/mol. The van der Waals surface area contributed by atoms with Crippen molar-refractivity contribution in [1.82, 2.24) is 10.2 Å². The van der Waals surface area contributed by atoms with Crippen LogP contribution in [-0.4, -0.2) is 50.1 Å². The van der Waals surface area contributed by atoms with Gasteiger partial charge in [0, 0.05) is 41.3 Å². The van der Waals surface area contributed by atoms with E-state index in [2.05, 4.69) is 5.32 Å². The van der Waals surface area contributed by atoms with Gasteiger partial charge in [-0.3, -0.25) is 9.59 Å². The zero-order valence-electron chi connectivity index (χ0n) is 18.6. The topological polar surface area (TPSA) is 77.1 Å². The molecule has 1 N–H and O–H groups in total. The second kappa shape index (κ2) is 12.4. The maximum Gasteiger partial charge on any atom is 0.261 e. The molecule has 0 bridgehead atoms. The zero-order chi connectivity index (χ0) is 23.7. The summed E-state index contributed by atoms with van der Waals surface area (Å²) in [4.78, 5) is 27.1. The van der Waals surface area contributed by atoms with Gasteiger partial charge in [-0.25, -0.2) is 0 Å². The monoisotopic (exact) mass is 482 g/mol. The van der Waals surface area contributed by atoms with Crippen LogP contribution in [0.3, 0.4) is 0 Å². The number of benzene rings is 2. The molecule has 9 heteroatoms. The van der Waals surface area contributed by atoms with Gasteiger partial charge in [-0.05, 0) is 31.0 Å². The quantitative estimate of drug-likeness (QED) is 0.515. The third kappa shape index (κ3) is 7.21. The first-order valence-corrected chi connectivity index (χ1v) is 10.9. The number of methoxy groups -OCH3 is 2. The number of hydrogen-bond acceptors (Lipinski definition) is 5. The van der Waals surface area contributed by atoms with E-state index in [1.807, 2.05) is 6.92 Å². The zero-order valence-corrected chi connectivity index (χ0v) is 20.1. The first-order chi connectivity index (χ1) is 15.3. The maximum absolute atomic E-state index is 13.1. The van der Waals surface area contributed by atoms with Gasteiger partial charge in [0.2, 0.25) is 5.91 Å². The Balaban J connectivity index is 2.21. The van der Waals surface area contributed by atoms with E-state index >= 15 is 0 Å². The summed E-state index contributed by atoms with van der Waals surface area (Å²) in [5, 5.41) is 3.72. The van der Waals surface area contributed by atoms with E-state index in [4.69, 9.17) is 37.4 Å². The highest BCUT2D eigenvalue weighted by molar-refractivity contribution is 6.35. The summed E-state index contributed by atoms with van der Waals surface area (Å²) in [5.41, 5.74) is 0.669. The van der Waals surface area contributed by atoms with Crippen LogP contribution in [0.1, 0.15) is 25.8 Å². The minimum Gasteiger partial charge on any atom is -0.496 e. The summed E-state index contributed by atoms with van der Waals surface area (Å²) in [6, 6.07) is 9.28. The van der Waals surface area contributed by atoms with Crippen molar-refractivity contribution in [3.8, 4) is 17.2 Å². The fourth-order valence-electron chi connectivity index (χ4n) is 2.90. The molecule has 0 saturated carbocycles. The predicted octanol–water partition coefficient (Wildman–Crippen LogP) is 4.33. The number of nitrogens with zero attached hydrogens (tertiary/aromatic N) is 1. The fourth-order valence-corrected chi connectivity index (χ4v) is 3.37. The van der Waals surface area contributed by atoms with Crippen molar-refractivity contribution >= 4 is 35.0 Å². The lowest BCUT2D eigenvalue weighted by Crippen LogP contribution is -2.49.